The van der Waals surface area contributed by atoms with Crippen LogP contribution in [0.25, 0.3) is 0 Å². The third kappa shape index (κ3) is 3.43. The van der Waals surface area contributed by atoms with E-state index in [1.807, 2.05) is 0 Å². The monoisotopic (exact) mass is 273 g/mol. The van der Waals surface area contributed by atoms with Gasteiger partial charge in [0.05, 0.1) is 5.56 Å². The van der Waals surface area contributed by atoms with E-state index >= 15 is 0 Å². The fraction of sp³-hybridized carbons (Fsp3) is 0.333. The average molecular weight is 274 g/mol. The van der Waals surface area contributed by atoms with Crippen molar-refractivity contribution in [1.29, 1.82) is 0 Å². The van der Waals surface area contributed by atoms with Crippen molar-refractivity contribution in [3.05, 3.63) is 34.6 Å². The third-order valence-electron chi connectivity index (χ3n) is 2.40. The Balaban J connectivity index is 2.91. The second kappa shape index (κ2) is 5.82. The van der Waals surface area contributed by atoms with Crippen LogP contribution in [-0.2, 0) is 4.79 Å². The predicted molar refractivity (Wildman–Crippen MR) is 65.1 cm³/mol. The molecule has 18 heavy (non-hydrogen) atoms. The van der Waals surface area contributed by atoms with Crippen molar-refractivity contribution in [2.75, 3.05) is 0 Å². The first-order valence-corrected chi connectivity index (χ1v) is 5.69. The summed E-state index contributed by atoms with van der Waals surface area (Å²) in [5.74, 6) is -3.02. The lowest BCUT2D eigenvalue weighted by Crippen LogP contribution is -2.44. The molecule has 1 amide bonds. The zero-order valence-corrected chi connectivity index (χ0v) is 10.7. The number of hydrogen-bond donors (Lipinski definition) is 2. The van der Waals surface area contributed by atoms with E-state index in [2.05, 4.69) is 5.32 Å². The molecule has 0 saturated carbocycles. The number of aliphatic carboxylic acids is 1. The molecule has 1 unspecified atom stereocenters. The Morgan fingerprint density at radius 2 is 2.00 bits per heavy atom. The third-order valence-corrected chi connectivity index (χ3v) is 2.63. The molecule has 98 valence electrons. The summed E-state index contributed by atoms with van der Waals surface area (Å²) in [7, 11) is 0. The van der Waals surface area contributed by atoms with E-state index in [1.54, 1.807) is 13.8 Å². The summed E-state index contributed by atoms with van der Waals surface area (Å²) >= 11 is 5.56. The number of carboxylic acid groups (broad SMARTS) is 1. The topological polar surface area (TPSA) is 66.4 Å². The number of carbonyl (C=O) groups excluding carboxylic acids is 1. The summed E-state index contributed by atoms with van der Waals surface area (Å²) in [5.41, 5.74) is -0.230. The fourth-order valence-electron chi connectivity index (χ4n) is 1.41. The molecule has 0 heterocycles. The lowest BCUT2D eigenvalue weighted by atomic mass is 10.0. The van der Waals surface area contributed by atoms with Gasteiger partial charge in [0.1, 0.15) is 11.9 Å². The average Bonchev–Trinajstić information content (AvgIpc) is 2.24. The molecule has 0 fully saturated rings. The Bertz CT molecular complexity index is 476. The SMILES string of the molecule is CC(C)C(NC(=O)c1ccc(Cl)cc1F)C(=O)O. The summed E-state index contributed by atoms with van der Waals surface area (Å²) in [6, 6.07) is 2.52. The number of nitrogens with one attached hydrogen (secondary N) is 1. The van der Waals surface area contributed by atoms with Crippen molar-refractivity contribution >= 4 is 23.5 Å². The molecule has 1 aromatic carbocycles. The number of benzene rings is 1. The van der Waals surface area contributed by atoms with Crippen molar-refractivity contribution in [3.8, 4) is 0 Å². The molecule has 0 aromatic heterocycles. The Hall–Kier alpha value is -1.62. The van der Waals surface area contributed by atoms with E-state index in [0.29, 0.717) is 0 Å². The Morgan fingerprint density at radius 3 is 2.44 bits per heavy atom. The minimum atomic E-state index is -1.16. The van der Waals surface area contributed by atoms with Crippen molar-refractivity contribution in [2.45, 2.75) is 19.9 Å². The first-order valence-electron chi connectivity index (χ1n) is 5.31. The van der Waals surface area contributed by atoms with Crippen LogP contribution in [0.2, 0.25) is 5.02 Å². The van der Waals surface area contributed by atoms with Crippen LogP contribution in [0.15, 0.2) is 18.2 Å². The quantitative estimate of drug-likeness (QED) is 0.885. The van der Waals surface area contributed by atoms with Gasteiger partial charge >= 0.3 is 5.97 Å². The number of carbonyl (C=O) groups is 2. The molecule has 0 aliphatic carbocycles. The van der Waals surface area contributed by atoms with Crippen LogP contribution >= 0.6 is 11.6 Å². The van der Waals surface area contributed by atoms with Crippen LogP contribution in [0.1, 0.15) is 24.2 Å². The van der Waals surface area contributed by atoms with Gasteiger partial charge in [-0.1, -0.05) is 25.4 Å². The molecule has 1 rings (SSSR count). The number of amides is 1. The lowest BCUT2D eigenvalue weighted by Gasteiger charge is -2.18. The van der Waals surface area contributed by atoms with Crippen molar-refractivity contribution in [1.82, 2.24) is 5.32 Å². The standard InChI is InChI=1S/C12H13ClFNO3/c1-6(2)10(12(17)18)15-11(16)8-4-3-7(13)5-9(8)14/h3-6,10H,1-2H3,(H,15,16)(H,17,18). The van der Waals surface area contributed by atoms with Crippen LogP contribution in [0, 0.1) is 11.7 Å². The van der Waals surface area contributed by atoms with Gasteiger partial charge in [0, 0.05) is 5.02 Å². The number of hydrogen-bond acceptors (Lipinski definition) is 2. The maximum absolute atomic E-state index is 13.5. The molecule has 0 spiro atoms. The van der Waals surface area contributed by atoms with E-state index in [4.69, 9.17) is 16.7 Å². The molecule has 0 bridgehead atoms. The number of rotatable bonds is 4. The van der Waals surface area contributed by atoms with Gasteiger partial charge in [-0.2, -0.15) is 0 Å². The van der Waals surface area contributed by atoms with E-state index in [0.717, 1.165) is 6.07 Å². The highest BCUT2D eigenvalue weighted by Gasteiger charge is 2.25. The van der Waals surface area contributed by atoms with Gasteiger partial charge in [-0.25, -0.2) is 9.18 Å². The number of carboxylic acids is 1. The zero-order chi connectivity index (χ0) is 13.9. The predicted octanol–water partition coefficient (Wildman–Crippen LogP) is 2.32. The van der Waals surface area contributed by atoms with Crippen LogP contribution in [0.4, 0.5) is 4.39 Å². The molecule has 2 N–H and O–H groups in total. The van der Waals surface area contributed by atoms with Crippen LogP contribution in [0.5, 0.6) is 0 Å². The van der Waals surface area contributed by atoms with Gasteiger partial charge in [0.15, 0.2) is 0 Å². The Labute approximate surface area is 109 Å². The van der Waals surface area contributed by atoms with Crippen molar-refractivity contribution in [2.24, 2.45) is 5.92 Å². The Kier molecular flexibility index (Phi) is 4.67. The van der Waals surface area contributed by atoms with Crippen LogP contribution in [0.3, 0.4) is 0 Å². The maximum Gasteiger partial charge on any atom is 0.326 e. The van der Waals surface area contributed by atoms with Crippen LogP contribution in [-0.4, -0.2) is 23.0 Å². The van der Waals surface area contributed by atoms with Gasteiger partial charge in [-0.3, -0.25) is 4.79 Å². The molecule has 0 aliphatic heterocycles. The van der Waals surface area contributed by atoms with E-state index in [1.165, 1.54) is 12.1 Å². The Morgan fingerprint density at radius 1 is 1.39 bits per heavy atom. The molecule has 0 saturated heterocycles. The molecule has 0 aliphatic rings. The second-order valence-electron chi connectivity index (χ2n) is 4.16. The fourth-order valence-corrected chi connectivity index (χ4v) is 1.56. The normalized spacial score (nSPS) is 12.3. The lowest BCUT2D eigenvalue weighted by molar-refractivity contribution is -0.140. The molecular weight excluding hydrogens is 261 g/mol. The highest BCUT2D eigenvalue weighted by Crippen LogP contribution is 2.15. The van der Waals surface area contributed by atoms with Gasteiger partial charge < -0.3 is 10.4 Å². The molecule has 4 nitrogen and oxygen atoms in total. The van der Waals surface area contributed by atoms with Crippen molar-refractivity contribution < 1.29 is 19.1 Å². The van der Waals surface area contributed by atoms with Crippen molar-refractivity contribution in [3.63, 3.8) is 0 Å². The first-order chi connectivity index (χ1) is 8.32. The van der Waals surface area contributed by atoms with E-state index in [9.17, 15) is 14.0 Å². The zero-order valence-electron chi connectivity index (χ0n) is 9.91. The summed E-state index contributed by atoms with van der Waals surface area (Å²) < 4.78 is 13.5. The highest BCUT2D eigenvalue weighted by molar-refractivity contribution is 6.30. The summed E-state index contributed by atoms with van der Waals surface area (Å²) in [6.07, 6.45) is 0. The molecule has 1 atom stereocenters. The molecule has 1 aromatic rings. The summed E-state index contributed by atoms with van der Waals surface area (Å²) in [5, 5.41) is 11.4. The second-order valence-corrected chi connectivity index (χ2v) is 4.59. The largest absolute Gasteiger partial charge is 0.480 e. The first kappa shape index (κ1) is 14.4. The van der Waals surface area contributed by atoms with Gasteiger partial charge in [-0.05, 0) is 24.1 Å². The molecule has 0 radical (unpaired) electrons. The molecular formula is C12H13ClFNO3. The van der Waals surface area contributed by atoms with Gasteiger partial charge in [0.25, 0.3) is 5.91 Å². The minimum absolute atomic E-state index is 0.169. The van der Waals surface area contributed by atoms with Crippen LogP contribution < -0.4 is 5.32 Å². The summed E-state index contributed by atoms with van der Waals surface area (Å²) in [6.45, 7) is 3.30. The van der Waals surface area contributed by atoms with Gasteiger partial charge in [-0.15, -0.1) is 0 Å². The van der Waals surface area contributed by atoms with E-state index < -0.39 is 23.7 Å². The summed E-state index contributed by atoms with van der Waals surface area (Å²) in [4.78, 5) is 22.7. The van der Waals surface area contributed by atoms with Gasteiger partial charge in [0.2, 0.25) is 0 Å². The highest BCUT2D eigenvalue weighted by atomic mass is 35.5. The minimum Gasteiger partial charge on any atom is -0.480 e. The van der Waals surface area contributed by atoms with E-state index in [-0.39, 0.29) is 16.5 Å². The smallest absolute Gasteiger partial charge is 0.326 e. The number of halogens is 2. The maximum atomic E-state index is 13.5. The molecule has 6 heteroatoms.